The van der Waals surface area contributed by atoms with Crippen LogP contribution in [-0.4, -0.2) is 14.5 Å². The van der Waals surface area contributed by atoms with E-state index >= 15 is 0 Å². The van der Waals surface area contributed by atoms with Gasteiger partial charge in [0, 0.05) is 24.1 Å². The molecule has 19 heavy (non-hydrogen) atoms. The number of imidazole rings is 1. The van der Waals surface area contributed by atoms with E-state index < -0.39 is 0 Å². The number of hydrogen-bond acceptors (Lipinski definition) is 3. The smallest absolute Gasteiger partial charge is 0.207 e. The minimum Gasteiger partial charge on any atom is -0.324 e. The van der Waals surface area contributed by atoms with Gasteiger partial charge in [-0.2, -0.15) is 0 Å². The molecule has 1 aliphatic rings. The van der Waals surface area contributed by atoms with Crippen LogP contribution in [0.4, 0.5) is 11.6 Å². The highest BCUT2D eigenvalue weighted by molar-refractivity contribution is 5.52. The Hall–Kier alpha value is -1.84. The van der Waals surface area contributed by atoms with Crippen molar-refractivity contribution in [2.45, 2.75) is 45.1 Å². The number of aryl methyl sites for hydroxylation is 1. The fourth-order valence-electron chi connectivity index (χ4n) is 2.73. The van der Waals surface area contributed by atoms with Gasteiger partial charge in [0.05, 0.1) is 11.9 Å². The van der Waals surface area contributed by atoms with E-state index in [1.807, 2.05) is 31.5 Å². The van der Waals surface area contributed by atoms with Gasteiger partial charge >= 0.3 is 0 Å². The van der Waals surface area contributed by atoms with Gasteiger partial charge < -0.3 is 9.88 Å². The normalized spacial score (nSPS) is 16.5. The van der Waals surface area contributed by atoms with E-state index in [-0.39, 0.29) is 0 Å². The Kier molecular flexibility index (Phi) is 3.49. The summed E-state index contributed by atoms with van der Waals surface area (Å²) in [7, 11) is 0. The van der Waals surface area contributed by atoms with E-state index in [1.165, 1.54) is 32.1 Å². The Morgan fingerprint density at radius 2 is 2.00 bits per heavy atom. The van der Waals surface area contributed by atoms with Gasteiger partial charge in [-0.15, -0.1) is 0 Å². The molecule has 0 spiro atoms. The van der Waals surface area contributed by atoms with Crippen LogP contribution in [0, 0.1) is 6.92 Å². The molecule has 0 radical (unpaired) electrons. The van der Waals surface area contributed by atoms with Gasteiger partial charge in [0.2, 0.25) is 5.95 Å². The van der Waals surface area contributed by atoms with Crippen LogP contribution in [0.25, 0.3) is 0 Å². The summed E-state index contributed by atoms with van der Waals surface area (Å²) >= 11 is 0. The van der Waals surface area contributed by atoms with E-state index in [9.17, 15) is 0 Å². The zero-order valence-corrected chi connectivity index (χ0v) is 11.3. The highest BCUT2D eigenvalue weighted by Crippen LogP contribution is 2.30. The van der Waals surface area contributed by atoms with Crippen molar-refractivity contribution in [1.29, 1.82) is 0 Å². The molecular formula is C15H20N4. The number of hydrogen-bond donors (Lipinski definition) is 1. The monoisotopic (exact) mass is 256 g/mol. The van der Waals surface area contributed by atoms with Crippen LogP contribution in [0.2, 0.25) is 0 Å². The van der Waals surface area contributed by atoms with Crippen molar-refractivity contribution in [3.63, 3.8) is 0 Å². The molecule has 100 valence electrons. The average Bonchev–Trinajstić information content (AvgIpc) is 2.90. The zero-order chi connectivity index (χ0) is 13.1. The maximum Gasteiger partial charge on any atom is 0.207 e. The van der Waals surface area contributed by atoms with Crippen LogP contribution >= 0.6 is 0 Å². The third-order valence-electron chi connectivity index (χ3n) is 3.80. The van der Waals surface area contributed by atoms with Gasteiger partial charge in [-0.1, -0.05) is 19.3 Å². The van der Waals surface area contributed by atoms with Crippen molar-refractivity contribution in [1.82, 2.24) is 14.5 Å². The Morgan fingerprint density at radius 1 is 1.16 bits per heavy atom. The first-order chi connectivity index (χ1) is 9.33. The molecule has 0 atom stereocenters. The summed E-state index contributed by atoms with van der Waals surface area (Å²) < 4.78 is 2.28. The first kappa shape index (κ1) is 12.2. The standard InChI is InChI=1S/C15H20N4/c1-12-7-8-13(11-17-12)18-15-16-9-10-19(15)14-5-3-2-4-6-14/h7-11,14H,2-6H2,1H3,(H,16,18). The molecule has 2 aromatic rings. The van der Waals surface area contributed by atoms with Gasteiger partial charge in [0.25, 0.3) is 0 Å². The molecule has 0 saturated heterocycles. The minimum absolute atomic E-state index is 0.595. The lowest BCUT2D eigenvalue weighted by Gasteiger charge is -2.24. The molecule has 1 fully saturated rings. The summed E-state index contributed by atoms with van der Waals surface area (Å²) in [6, 6.07) is 4.65. The molecule has 3 rings (SSSR count). The lowest BCUT2D eigenvalue weighted by atomic mass is 9.95. The molecule has 0 aromatic carbocycles. The summed E-state index contributed by atoms with van der Waals surface area (Å²) in [5.74, 6) is 0.928. The van der Waals surface area contributed by atoms with Crippen LogP contribution in [0.1, 0.15) is 43.8 Å². The molecule has 0 amide bonds. The maximum atomic E-state index is 4.43. The van der Waals surface area contributed by atoms with Gasteiger partial charge in [-0.05, 0) is 31.9 Å². The van der Waals surface area contributed by atoms with Crippen LogP contribution in [0.3, 0.4) is 0 Å². The SMILES string of the molecule is Cc1ccc(Nc2nccn2C2CCCCC2)cn1. The lowest BCUT2D eigenvalue weighted by molar-refractivity contribution is 0.356. The van der Waals surface area contributed by atoms with Crippen LogP contribution < -0.4 is 5.32 Å². The molecule has 0 aliphatic heterocycles. The van der Waals surface area contributed by atoms with Crippen LogP contribution in [0.15, 0.2) is 30.7 Å². The summed E-state index contributed by atoms with van der Waals surface area (Å²) in [5.41, 5.74) is 2.02. The third kappa shape index (κ3) is 2.78. The van der Waals surface area contributed by atoms with Crippen LogP contribution in [-0.2, 0) is 0 Å². The second-order valence-electron chi connectivity index (χ2n) is 5.26. The number of nitrogens with one attached hydrogen (secondary N) is 1. The van der Waals surface area contributed by atoms with Gasteiger partial charge in [-0.25, -0.2) is 4.98 Å². The van der Waals surface area contributed by atoms with Crippen molar-refractivity contribution in [3.05, 3.63) is 36.4 Å². The molecule has 2 aromatic heterocycles. The van der Waals surface area contributed by atoms with E-state index in [2.05, 4.69) is 26.0 Å². The number of nitrogens with zero attached hydrogens (tertiary/aromatic N) is 3. The van der Waals surface area contributed by atoms with Crippen molar-refractivity contribution < 1.29 is 0 Å². The highest BCUT2D eigenvalue weighted by Gasteiger charge is 2.17. The summed E-state index contributed by atoms with van der Waals surface area (Å²) in [6.07, 6.45) is 12.4. The quantitative estimate of drug-likeness (QED) is 0.907. The van der Waals surface area contributed by atoms with Gasteiger partial charge in [-0.3, -0.25) is 4.98 Å². The van der Waals surface area contributed by atoms with Gasteiger partial charge in [0.1, 0.15) is 0 Å². The number of pyridine rings is 1. The number of rotatable bonds is 3. The van der Waals surface area contributed by atoms with Crippen molar-refractivity contribution in [3.8, 4) is 0 Å². The largest absolute Gasteiger partial charge is 0.324 e. The van der Waals surface area contributed by atoms with Gasteiger partial charge in [0.15, 0.2) is 0 Å². The first-order valence-corrected chi connectivity index (χ1v) is 7.05. The molecule has 1 saturated carbocycles. The molecule has 4 nitrogen and oxygen atoms in total. The number of aromatic nitrogens is 3. The molecule has 4 heteroatoms. The lowest BCUT2D eigenvalue weighted by Crippen LogP contribution is -2.14. The molecule has 1 N–H and O–H groups in total. The predicted molar refractivity (Wildman–Crippen MR) is 76.6 cm³/mol. The molecule has 1 aliphatic carbocycles. The Balaban J connectivity index is 1.77. The second kappa shape index (κ2) is 5.43. The Labute approximate surface area is 113 Å². The number of anilines is 2. The van der Waals surface area contributed by atoms with E-state index in [0.29, 0.717) is 6.04 Å². The zero-order valence-electron chi connectivity index (χ0n) is 11.3. The molecule has 2 heterocycles. The summed E-state index contributed by atoms with van der Waals surface area (Å²) in [4.78, 5) is 8.74. The molecular weight excluding hydrogens is 236 g/mol. The summed E-state index contributed by atoms with van der Waals surface area (Å²) in [5, 5.41) is 3.37. The van der Waals surface area contributed by atoms with Crippen molar-refractivity contribution >= 4 is 11.6 Å². The van der Waals surface area contributed by atoms with Crippen LogP contribution in [0.5, 0.6) is 0 Å². The fourth-order valence-corrected chi connectivity index (χ4v) is 2.73. The van der Waals surface area contributed by atoms with E-state index in [1.54, 1.807) is 0 Å². The van der Waals surface area contributed by atoms with E-state index in [0.717, 1.165) is 17.3 Å². The maximum absolute atomic E-state index is 4.43. The Morgan fingerprint density at radius 3 is 2.74 bits per heavy atom. The molecule has 0 bridgehead atoms. The van der Waals surface area contributed by atoms with Crippen molar-refractivity contribution in [2.75, 3.05) is 5.32 Å². The third-order valence-corrected chi connectivity index (χ3v) is 3.80. The predicted octanol–water partition coefficient (Wildman–Crippen LogP) is 3.84. The topological polar surface area (TPSA) is 42.7 Å². The van der Waals surface area contributed by atoms with E-state index in [4.69, 9.17) is 0 Å². The molecule has 0 unspecified atom stereocenters. The fraction of sp³-hybridized carbons (Fsp3) is 0.467. The second-order valence-corrected chi connectivity index (χ2v) is 5.26. The minimum atomic E-state index is 0.595. The first-order valence-electron chi connectivity index (χ1n) is 7.05. The summed E-state index contributed by atoms with van der Waals surface area (Å²) in [6.45, 7) is 1.99. The highest BCUT2D eigenvalue weighted by atomic mass is 15.2. The Bertz CT molecular complexity index is 523. The van der Waals surface area contributed by atoms with Crippen molar-refractivity contribution in [2.24, 2.45) is 0 Å². The average molecular weight is 256 g/mol.